The van der Waals surface area contributed by atoms with Crippen LogP contribution in [0.4, 0.5) is 0 Å². The molecule has 1 saturated carbocycles. The number of rotatable bonds is 6. The average Bonchev–Trinajstić information content (AvgIpc) is 2.78. The molecule has 0 bridgehead atoms. The molecule has 100 valence electrons. The van der Waals surface area contributed by atoms with Gasteiger partial charge in [0.1, 0.15) is 6.10 Å². The SMILES string of the molecule is CCC(C)(N)COC(C)C(=O)NC1CCCC1. The van der Waals surface area contributed by atoms with E-state index in [4.69, 9.17) is 10.5 Å². The molecular weight excluding hydrogens is 216 g/mol. The van der Waals surface area contributed by atoms with Crippen molar-refractivity contribution in [2.45, 2.75) is 70.6 Å². The van der Waals surface area contributed by atoms with E-state index in [0.29, 0.717) is 12.6 Å². The Bertz CT molecular complexity index is 248. The zero-order chi connectivity index (χ0) is 12.9. The van der Waals surface area contributed by atoms with Crippen LogP contribution < -0.4 is 11.1 Å². The van der Waals surface area contributed by atoms with Crippen LogP contribution in [0.25, 0.3) is 0 Å². The van der Waals surface area contributed by atoms with E-state index in [1.165, 1.54) is 12.8 Å². The Morgan fingerprint density at radius 1 is 1.53 bits per heavy atom. The summed E-state index contributed by atoms with van der Waals surface area (Å²) in [6, 6.07) is 0.351. The van der Waals surface area contributed by atoms with Crippen molar-refractivity contribution in [3.8, 4) is 0 Å². The van der Waals surface area contributed by atoms with Crippen molar-refractivity contribution in [2.75, 3.05) is 6.61 Å². The van der Waals surface area contributed by atoms with Crippen molar-refractivity contribution in [1.82, 2.24) is 5.32 Å². The fourth-order valence-electron chi connectivity index (χ4n) is 1.88. The number of ether oxygens (including phenoxy) is 1. The van der Waals surface area contributed by atoms with E-state index in [1.54, 1.807) is 6.92 Å². The number of hydrogen-bond acceptors (Lipinski definition) is 3. The van der Waals surface area contributed by atoms with E-state index in [0.717, 1.165) is 19.3 Å². The second kappa shape index (κ2) is 6.36. The Hall–Kier alpha value is -0.610. The fraction of sp³-hybridized carbons (Fsp3) is 0.923. The van der Waals surface area contributed by atoms with E-state index < -0.39 is 6.10 Å². The third-order valence-electron chi connectivity index (χ3n) is 3.54. The van der Waals surface area contributed by atoms with Crippen LogP contribution in [0, 0.1) is 0 Å². The van der Waals surface area contributed by atoms with Gasteiger partial charge >= 0.3 is 0 Å². The molecular formula is C13H26N2O2. The molecule has 3 N–H and O–H groups in total. The molecule has 0 aromatic rings. The molecule has 0 aromatic carbocycles. The number of hydrogen-bond donors (Lipinski definition) is 2. The number of nitrogens with one attached hydrogen (secondary N) is 1. The highest BCUT2D eigenvalue weighted by Gasteiger charge is 2.23. The molecule has 1 rings (SSSR count). The summed E-state index contributed by atoms with van der Waals surface area (Å²) in [5.74, 6) is -0.0104. The average molecular weight is 242 g/mol. The summed E-state index contributed by atoms with van der Waals surface area (Å²) in [6.07, 6.45) is 5.06. The van der Waals surface area contributed by atoms with Crippen molar-refractivity contribution in [3.63, 3.8) is 0 Å². The third-order valence-corrected chi connectivity index (χ3v) is 3.54. The van der Waals surface area contributed by atoms with Crippen LogP contribution in [0.2, 0.25) is 0 Å². The van der Waals surface area contributed by atoms with Gasteiger partial charge in [0.05, 0.1) is 6.61 Å². The minimum absolute atomic E-state index is 0.0104. The first-order valence-corrected chi connectivity index (χ1v) is 6.65. The van der Waals surface area contributed by atoms with Crippen LogP contribution in [-0.2, 0) is 9.53 Å². The van der Waals surface area contributed by atoms with E-state index in [2.05, 4.69) is 5.32 Å². The minimum atomic E-state index is -0.412. The molecule has 17 heavy (non-hydrogen) atoms. The van der Waals surface area contributed by atoms with E-state index in [9.17, 15) is 4.79 Å². The van der Waals surface area contributed by atoms with Gasteiger partial charge in [-0.1, -0.05) is 19.8 Å². The molecule has 0 aromatic heterocycles. The normalized spacial score (nSPS) is 22.1. The summed E-state index contributed by atoms with van der Waals surface area (Å²) in [5, 5.41) is 3.03. The Kier molecular flexibility index (Phi) is 5.40. The van der Waals surface area contributed by atoms with Crippen molar-refractivity contribution in [1.29, 1.82) is 0 Å². The first kappa shape index (κ1) is 14.5. The monoisotopic (exact) mass is 242 g/mol. The molecule has 0 aliphatic heterocycles. The Morgan fingerprint density at radius 3 is 2.65 bits per heavy atom. The summed E-state index contributed by atoms with van der Waals surface area (Å²) in [6.45, 7) is 6.17. The predicted octanol–water partition coefficient (Wildman–Crippen LogP) is 1.58. The number of nitrogens with two attached hydrogens (primary N) is 1. The highest BCUT2D eigenvalue weighted by Crippen LogP contribution is 2.17. The number of amides is 1. The summed E-state index contributed by atoms with van der Waals surface area (Å²) in [5.41, 5.74) is 5.63. The lowest BCUT2D eigenvalue weighted by Gasteiger charge is -2.25. The topological polar surface area (TPSA) is 64.3 Å². The van der Waals surface area contributed by atoms with Crippen LogP contribution in [0.1, 0.15) is 52.9 Å². The van der Waals surface area contributed by atoms with Crippen LogP contribution in [0.15, 0.2) is 0 Å². The molecule has 1 amide bonds. The van der Waals surface area contributed by atoms with Crippen molar-refractivity contribution >= 4 is 5.91 Å². The maximum Gasteiger partial charge on any atom is 0.249 e. The van der Waals surface area contributed by atoms with Gasteiger partial charge < -0.3 is 15.8 Å². The van der Waals surface area contributed by atoms with Crippen LogP contribution in [-0.4, -0.2) is 30.2 Å². The van der Waals surface area contributed by atoms with E-state index in [-0.39, 0.29) is 11.4 Å². The van der Waals surface area contributed by atoms with E-state index in [1.807, 2.05) is 13.8 Å². The molecule has 1 aliphatic rings. The second-order valence-electron chi connectivity index (χ2n) is 5.45. The van der Waals surface area contributed by atoms with Crippen LogP contribution in [0.3, 0.4) is 0 Å². The number of carbonyl (C=O) groups excluding carboxylic acids is 1. The van der Waals surface area contributed by atoms with Gasteiger partial charge in [0, 0.05) is 11.6 Å². The summed E-state index contributed by atoms with van der Waals surface area (Å²) in [7, 11) is 0. The lowest BCUT2D eigenvalue weighted by Crippen LogP contribution is -2.45. The van der Waals surface area contributed by atoms with Crippen LogP contribution in [0.5, 0.6) is 0 Å². The highest BCUT2D eigenvalue weighted by atomic mass is 16.5. The zero-order valence-electron chi connectivity index (χ0n) is 11.3. The zero-order valence-corrected chi connectivity index (χ0v) is 11.3. The molecule has 0 heterocycles. The molecule has 0 saturated heterocycles. The summed E-state index contributed by atoms with van der Waals surface area (Å²) >= 11 is 0. The lowest BCUT2D eigenvalue weighted by atomic mass is 10.0. The van der Waals surface area contributed by atoms with Crippen molar-refractivity contribution < 1.29 is 9.53 Å². The molecule has 4 nitrogen and oxygen atoms in total. The molecule has 0 radical (unpaired) electrons. The largest absolute Gasteiger partial charge is 0.367 e. The molecule has 2 unspecified atom stereocenters. The van der Waals surface area contributed by atoms with Crippen LogP contribution >= 0.6 is 0 Å². The fourth-order valence-corrected chi connectivity index (χ4v) is 1.88. The summed E-state index contributed by atoms with van der Waals surface area (Å²) in [4.78, 5) is 11.8. The predicted molar refractivity (Wildman–Crippen MR) is 68.7 cm³/mol. The lowest BCUT2D eigenvalue weighted by molar-refractivity contribution is -0.133. The highest BCUT2D eigenvalue weighted by molar-refractivity contribution is 5.80. The number of carbonyl (C=O) groups is 1. The van der Waals surface area contributed by atoms with Crippen molar-refractivity contribution in [3.05, 3.63) is 0 Å². The van der Waals surface area contributed by atoms with Gasteiger partial charge in [-0.15, -0.1) is 0 Å². The van der Waals surface area contributed by atoms with E-state index >= 15 is 0 Å². The maximum atomic E-state index is 11.8. The quantitative estimate of drug-likeness (QED) is 0.743. The first-order valence-electron chi connectivity index (χ1n) is 6.65. The maximum absolute atomic E-state index is 11.8. The third kappa shape index (κ3) is 5.04. The molecule has 2 atom stereocenters. The van der Waals surface area contributed by atoms with Gasteiger partial charge in [-0.3, -0.25) is 4.79 Å². The minimum Gasteiger partial charge on any atom is -0.367 e. The van der Waals surface area contributed by atoms with Gasteiger partial charge in [0.25, 0.3) is 0 Å². The van der Waals surface area contributed by atoms with Gasteiger partial charge in [-0.25, -0.2) is 0 Å². The molecule has 1 fully saturated rings. The first-order chi connectivity index (χ1) is 7.94. The van der Waals surface area contributed by atoms with Gasteiger partial charge in [0.15, 0.2) is 0 Å². The van der Waals surface area contributed by atoms with Gasteiger partial charge in [0.2, 0.25) is 5.91 Å². The van der Waals surface area contributed by atoms with Gasteiger partial charge in [-0.05, 0) is 33.1 Å². The summed E-state index contributed by atoms with van der Waals surface area (Å²) < 4.78 is 5.53. The standard InChI is InChI=1S/C13H26N2O2/c1-4-13(3,14)9-17-10(2)12(16)15-11-7-5-6-8-11/h10-11H,4-9,14H2,1-3H3,(H,15,16). The Labute approximate surface area is 104 Å². The van der Waals surface area contributed by atoms with Gasteiger partial charge in [-0.2, -0.15) is 0 Å². The molecule has 4 heteroatoms. The van der Waals surface area contributed by atoms with Crippen molar-refractivity contribution in [2.24, 2.45) is 5.73 Å². The molecule has 1 aliphatic carbocycles. The second-order valence-corrected chi connectivity index (χ2v) is 5.45. The Balaban J connectivity index is 2.26. The molecule has 0 spiro atoms. The smallest absolute Gasteiger partial charge is 0.249 e. The Morgan fingerprint density at radius 2 is 2.12 bits per heavy atom.